The maximum atomic E-state index is 11.1. The molecule has 3 atom stereocenters. The fraction of sp³-hybridized carbons (Fsp3) is 0.533. The smallest absolute Gasteiger partial charge is 0.234 e. The van der Waals surface area contributed by atoms with E-state index >= 15 is 0 Å². The monoisotopic (exact) mass is 246 g/mol. The van der Waals surface area contributed by atoms with Crippen LogP contribution in [0, 0.1) is 5.92 Å². The summed E-state index contributed by atoms with van der Waals surface area (Å²) >= 11 is 0. The summed E-state index contributed by atoms with van der Waals surface area (Å²) < 4.78 is 0. The minimum Gasteiger partial charge on any atom is -0.368 e. The zero-order chi connectivity index (χ0) is 13.0. The van der Waals surface area contributed by atoms with E-state index in [-0.39, 0.29) is 11.9 Å². The molecule has 18 heavy (non-hydrogen) atoms. The van der Waals surface area contributed by atoms with Crippen LogP contribution in [0.1, 0.15) is 31.7 Å². The summed E-state index contributed by atoms with van der Waals surface area (Å²) in [5.41, 5.74) is 6.69. The van der Waals surface area contributed by atoms with Gasteiger partial charge in [0.05, 0.1) is 6.04 Å². The van der Waals surface area contributed by atoms with Gasteiger partial charge in [-0.25, -0.2) is 0 Å². The third-order valence-electron chi connectivity index (χ3n) is 3.89. The Morgan fingerprint density at radius 2 is 2.11 bits per heavy atom. The molecule has 3 N–H and O–H groups in total. The average molecular weight is 246 g/mol. The quantitative estimate of drug-likeness (QED) is 0.833. The molecule has 1 amide bonds. The Labute approximate surface area is 109 Å². The van der Waals surface area contributed by atoms with Gasteiger partial charge in [0.25, 0.3) is 0 Å². The van der Waals surface area contributed by atoms with Gasteiger partial charge in [-0.15, -0.1) is 0 Å². The van der Waals surface area contributed by atoms with Crippen molar-refractivity contribution in [2.24, 2.45) is 11.7 Å². The van der Waals surface area contributed by atoms with E-state index < -0.39 is 0 Å². The van der Waals surface area contributed by atoms with Gasteiger partial charge in [0.2, 0.25) is 5.91 Å². The Morgan fingerprint density at radius 3 is 2.78 bits per heavy atom. The van der Waals surface area contributed by atoms with Crippen LogP contribution in [0.15, 0.2) is 30.3 Å². The summed E-state index contributed by atoms with van der Waals surface area (Å²) in [5, 5.41) is 3.37. The average Bonchev–Trinajstić information content (AvgIpc) is 2.78. The van der Waals surface area contributed by atoms with Gasteiger partial charge in [-0.3, -0.25) is 4.79 Å². The molecular formula is C15H22N2O. The van der Waals surface area contributed by atoms with Crippen LogP contribution in [0.3, 0.4) is 0 Å². The second-order valence-electron chi connectivity index (χ2n) is 5.28. The summed E-state index contributed by atoms with van der Waals surface area (Å²) in [5.74, 6) is 0.356. The number of rotatable bonds is 5. The van der Waals surface area contributed by atoms with E-state index in [0.29, 0.717) is 12.0 Å². The summed E-state index contributed by atoms with van der Waals surface area (Å²) in [6.45, 7) is 1.85. The molecule has 3 nitrogen and oxygen atoms in total. The maximum Gasteiger partial charge on any atom is 0.234 e. The Kier molecular flexibility index (Phi) is 4.37. The van der Waals surface area contributed by atoms with Crippen molar-refractivity contribution in [1.82, 2.24) is 5.32 Å². The molecule has 3 heteroatoms. The van der Waals surface area contributed by atoms with E-state index in [9.17, 15) is 4.79 Å². The van der Waals surface area contributed by atoms with Crippen molar-refractivity contribution in [1.29, 1.82) is 0 Å². The molecule has 1 aromatic rings. The predicted molar refractivity (Wildman–Crippen MR) is 73.1 cm³/mol. The number of carbonyl (C=O) groups excluding carboxylic acids is 1. The van der Waals surface area contributed by atoms with Gasteiger partial charge in [-0.05, 0) is 37.7 Å². The van der Waals surface area contributed by atoms with Crippen LogP contribution >= 0.6 is 0 Å². The second kappa shape index (κ2) is 6.01. The van der Waals surface area contributed by atoms with E-state index in [1.54, 1.807) is 0 Å². The molecular weight excluding hydrogens is 224 g/mol. The number of hydrogen-bond acceptors (Lipinski definition) is 2. The van der Waals surface area contributed by atoms with E-state index in [1.807, 2.05) is 13.0 Å². The highest BCUT2D eigenvalue weighted by Crippen LogP contribution is 2.29. The van der Waals surface area contributed by atoms with E-state index in [0.717, 1.165) is 12.8 Å². The third-order valence-corrected chi connectivity index (χ3v) is 3.89. The van der Waals surface area contributed by atoms with Crippen LogP contribution in [-0.4, -0.2) is 18.0 Å². The molecule has 0 spiro atoms. The largest absolute Gasteiger partial charge is 0.368 e. The van der Waals surface area contributed by atoms with Crippen LogP contribution in [0.2, 0.25) is 0 Å². The Morgan fingerprint density at radius 1 is 1.39 bits per heavy atom. The molecule has 98 valence electrons. The van der Waals surface area contributed by atoms with Crippen molar-refractivity contribution in [3.05, 3.63) is 35.9 Å². The van der Waals surface area contributed by atoms with Gasteiger partial charge in [0.1, 0.15) is 0 Å². The molecule has 0 unspecified atom stereocenters. The van der Waals surface area contributed by atoms with Gasteiger partial charge >= 0.3 is 0 Å². The lowest BCUT2D eigenvalue weighted by Crippen LogP contribution is -2.46. The fourth-order valence-electron chi connectivity index (χ4n) is 2.82. The van der Waals surface area contributed by atoms with E-state index in [2.05, 4.69) is 29.6 Å². The second-order valence-corrected chi connectivity index (χ2v) is 5.28. The topological polar surface area (TPSA) is 55.1 Å². The minimum atomic E-state index is -0.264. The van der Waals surface area contributed by atoms with Gasteiger partial charge in [0.15, 0.2) is 0 Å². The van der Waals surface area contributed by atoms with Crippen LogP contribution in [-0.2, 0) is 11.2 Å². The summed E-state index contributed by atoms with van der Waals surface area (Å²) in [6.07, 6.45) is 4.71. The number of benzene rings is 1. The lowest BCUT2D eigenvalue weighted by molar-refractivity contribution is -0.119. The lowest BCUT2D eigenvalue weighted by Gasteiger charge is -2.23. The van der Waals surface area contributed by atoms with Crippen molar-refractivity contribution in [3.8, 4) is 0 Å². The molecule has 1 fully saturated rings. The number of carbonyl (C=O) groups is 1. The Balaban J connectivity index is 1.93. The molecule has 1 aromatic carbocycles. The molecule has 0 radical (unpaired) electrons. The van der Waals surface area contributed by atoms with Crippen LogP contribution in [0.4, 0.5) is 0 Å². The highest BCUT2D eigenvalue weighted by molar-refractivity contribution is 5.79. The summed E-state index contributed by atoms with van der Waals surface area (Å²) in [6, 6.07) is 10.7. The molecule has 0 aliphatic heterocycles. The highest BCUT2D eigenvalue weighted by atomic mass is 16.1. The first kappa shape index (κ1) is 13.1. The zero-order valence-corrected chi connectivity index (χ0v) is 10.9. The van der Waals surface area contributed by atoms with E-state index in [4.69, 9.17) is 5.73 Å². The predicted octanol–water partition coefficient (Wildman–Crippen LogP) is 1.86. The SMILES string of the molecule is C[C@H](N[C@H]1CCC[C@H]1Cc1ccccc1)C(N)=O. The first-order valence-corrected chi connectivity index (χ1v) is 6.76. The molecule has 0 saturated heterocycles. The van der Waals surface area contributed by atoms with Gasteiger partial charge in [0, 0.05) is 6.04 Å². The van der Waals surface area contributed by atoms with E-state index in [1.165, 1.54) is 18.4 Å². The van der Waals surface area contributed by atoms with Gasteiger partial charge in [-0.2, -0.15) is 0 Å². The van der Waals surface area contributed by atoms with Gasteiger partial charge in [-0.1, -0.05) is 36.8 Å². The number of nitrogens with two attached hydrogens (primary N) is 1. The number of hydrogen-bond donors (Lipinski definition) is 2. The molecule has 0 heterocycles. The maximum absolute atomic E-state index is 11.1. The van der Waals surface area contributed by atoms with Crippen LogP contribution in [0.5, 0.6) is 0 Å². The molecule has 1 aliphatic carbocycles. The summed E-state index contributed by atoms with van der Waals surface area (Å²) in [4.78, 5) is 11.1. The first-order valence-electron chi connectivity index (χ1n) is 6.76. The van der Waals surface area contributed by atoms with Crippen molar-refractivity contribution < 1.29 is 4.79 Å². The van der Waals surface area contributed by atoms with Crippen molar-refractivity contribution in [2.75, 3.05) is 0 Å². The number of nitrogens with one attached hydrogen (secondary N) is 1. The minimum absolute atomic E-state index is 0.230. The van der Waals surface area contributed by atoms with Gasteiger partial charge < -0.3 is 11.1 Å². The highest BCUT2D eigenvalue weighted by Gasteiger charge is 2.29. The van der Waals surface area contributed by atoms with Crippen molar-refractivity contribution >= 4 is 5.91 Å². The lowest BCUT2D eigenvalue weighted by atomic mass is 9.94. The molecule has 0 bridgehead atoms. The Hall–Kier alpha value is -1.35. The van der Waals surface area contributed by atoms with Crippen LogP contribution < -0.4 is 11.1 Å². The number of primary amides is 1. The molecule has 1 saturated carbocycles. The molecule has 0 aromatic heterocycles. The molecule has 2 rings (SSSR count). The van der Waals surface area contributed by atoms with Crippen molar-refractivity contribution in [3.63, 3.8) is 0 Å². The Bertz CT molecular complexity index is 391. The zero-order valence-electron chi connectivity index (χ0n) is 10.9. The summed E-state index contributed by atoms with van der Waals surface area (Å²) in [7, 11) is 0. The fourth-order valence-corrected chi connectivity index (χ4v) is 2.82. The standard InChI is InChI=1S/C15H22N2O/c1-11(15(16)18)17-14-9-5-8-13(14)10-12-6-3-2-4-7-12/h2-4,6-7,11,13-14,17H,5,8-10H2,1H3,(H2,16,18)/t11-,13-,14-/m0/s1. The molecule has 1 aliphatic rings. The van der Waals surface area contributed by atoms with Crippen molar-refractivity contribution in [2.45, 2.75) is 44.7 Å². The normalized spacial score (nSPS) is 24.9. The van der Waals surface area contributed by atoms with Crippen LogP contribution in [0.25, 0.3) is 0 Å². The third kappa shape index (κ3) is 3.33. The first-order chi connectivity index (χ1) is 8.66. The number of amides is 1.